The van der Waals surface area contributed by atoms with Crippen LogP contribution in [0.3, 0.4) is 0 Å². The zero-order valence-electron chi connectivity index (χ0n) is 12.2. The highest BCUT2D eigenvalue weighted by Crippen LogP contribution is 2.41. The largest absolute Gasteiger partial charge is 0.142 e. The van der Waals surface area contributed by atoms with Crippen molar-refractivity contribution in [2.75, 3.05) is 11.5 Å². The fraction of sp³-hybridized carbons (Fsp3) is 0.500. The van der Waals surface area contributed by atoms with Crippen molar-refractivity contribution in [3.8, 4) is 9.75 Å². The summed E-state index contributed by atoms with van der Waals surface area (Å²) in [4.78, 5) is 5.82. The fourth-order valence-corrected chi connectivity index (χ4v) is 6.37. The van der Waals surface area contributed by atoms with Crippen molar-refractivity contribution in [2.45, 2.75) is 49.3 Å². The molecule has 0 bridgehead atoms. The molecule has 0 saturated carbocycles. The van der Waals surface area contributed by atoms with Crippen LogP contribution < -0.4 is 0 Å². The lowest BCUT2D eigenvalue weighted by Gasteiger charge is -2.01. The van der Waals surface area contributed by atoms with Gasteiger partial charge in [-0.2, -0.15) is 0 Å². The van der Waals surface area contributed by atoms with Gasteiger partial charge in [0.1, 0.15) is 0 Å². The highest BCUT2D eigenvalue weighted by atomic mass is 32.2. The van der Waals surface area contributed by atoms with Crippen LogP contribution in [0.5, 0.6) is 0 Å². The lowest BCUT2D eigenvalue weighted by Crippen LogP contribution is -1.78. The Labute approximate surface area is 139 Å². The van der Waals surface area contributed by atoms with Gasteiger partial charge in [0, 0.05) is 20.0 Å². The van der Waals surface area contributed by atoms with Crippen LogP contribution in [0.25, 0.3) is 9.75 Å². The van der Waals surface area contributed by atoms with Crippen molar-refractivity contribution in [3.63, 3.8) is 0 Å². The zero-order valence-corrected chi connectivity index (χ0v) is 15.5. The third-order valence-electron chi connectivity index (χ3n) is 2.95. The SMILES string of the molecule is CCCCSc1csc(-c2sccc2SCCCC)c1. The monoisotopic (exact) mass is 342 g/mol. The Bertz CT molecular complexity index is 498. The van der Waals surface area contributed by atoms with Crippen molar-refractivity contribution in [1.82, 2.24) is 0 Å². The van der Waals surface area contributed by atoms with Crippen molar-refractivity contribution >= 4 is 46.2 Å². The summed E-state index contributed by atoms with van der Waals surface area (Å²) < 4.78 is 0. The average Bonchev–Trinajstić information content (AvgIpc) is 3.08. The van der Waals surface area contributed by atoms with Crippen LogP contribution in [0.15, 0.2) is 32.7 Å². The Kier molecular flexibility index (Phi) is 7.56. The first-order valence-corrected chi connectivity index (χ1v) is 11.0. The van der Waals surface area contributed by atoms with Gasteiger partial charge in [-0.3, -0.25) is 0 Å². The summed E-state index contributed by atoms with van der Waals surface area (Å²) in [6, 6.07) is 4.66. The molecule has 0 N–H and O–H groups in total. The van der Waals surface area contributed by atoms with Gasteiger partial charge >= 0.3 is 0 Å². The minimum absolute atomic E-state index is 1.24. The molecule has 0 fully saturated rings. The van der Waals surface area contributed by atoms with Crippen LogP contribution in [0.2, 0.25) is 0 Å². The number of hydrogen-bond acceptors (Lipinski definition) is 4. The summed E-state index contributed by atoms with van der Waals surface area (Å²) in [7, 11) is 0. The molecule has 2 heterocycles. The first kappa shape index (κ1) is 16.5. The van der Waals surface area contributed by atoms with Gasteiger partial charge in [0.2, 0.25) is 0 Å². The molecule has 0 unspecified atom stereocenters. The first-order valence-electron chi connectivity index (χ1n) is 7.27. The predicted octanol–water partition coefficient (Wildman–Crippen LogP) is 7.26. The second-order valence-corrected chi connectivity index (χ2v) is 8.80. The average molecular weight is 343 g/mol. The predicted molar refractivity (Wildman–Crippen MR) is 98.9 cm³/mol. The van der Waals surface area contributed by atoms with Crippen LogP contribution in [-0.4, -0.2) is 11.5 Å². The maximum Gasteiger partial charge on any atom is 0.0578 e. The Morgan fingerprint density at radius 3 is 2.50 bits per heavy atom. The molecule has 2 rings (SSSR count). The van der Waals surface area contributed by atoms with Gasteiger partial charge in [0.25, 0.3) is 0 Å². The molecule has 0 saturated heterocycles. The molecule has 2 aromatic heterocycles. The molecule has 0 radical (unpaired) electrons. The van der Waals surface area contributed by atoms with Crippen LogP contribution in [0.1, 0.15) is 39.5 Å². The minimum atomic E-state index is 1.24. The summed E-state index contributed by atoms with van der Waals surface area (Å²) in [5.74, 6) is 2.49. The lowest BCUT2D eigenvalue weighted by molar-refractivity contribution is 0.896. The van der Waals surface area contributed by atoms with Crippen molar-refractivity contribution in [2.24, 2.45) is 0 Å². The molecule has 0 aliphatic rings. The highest BCUT2D eigenvalue weighted by Gasteiger charge is 2.10. The normalized spacial score (nSPS) is 11.1. The molecule has 0 aliphatic carbocycles. The summed E-state index contributed by atoms with van der Waals surface area (Å²) >= 11 is 7.79. The van der Waals surface area contributed by atoms with E-state index >= 15 is 0 Å². The summed E-state index contributed by atoms with van der Waals surface area (Å²) in [5, 5.41) is 4.54. The highest BCUT2D eigenvalue weighted by molar-refractivity contribution is 7.99. The molecule has 0 nitrogen and oxygen atoms in total. The van der Waals surface area contributed by atoms with Crippen LogP contribution in [0.4, 0.5) is 0 Å². The van der Waals surface area contributed by atoms with Crippen molar-refractivity contribution in [3.05, 3.63) is 22.9 Å². The van der Waals surface area contributed by atoms with E-state index in [1.54, 1.807) is 0 Å². The van der Waals surface area contributed by atoms with Gasteiger partial charge in [-0.15, -0.1) is 46.2 Å². The summed E-state index contributed by atoms with van der Waals surface area (Å²) in [6.07, 6.45) is 5.19. The Morgan fingerprint density at radius 2 is 1.75 bits per heavy atom. The van der Waals surface area contributed by atoms with E-state index in [4.69, 9.17) is 0 Å². The van der Waals surface area contributed by atoms with Crippen molar-refractivity contribution in [1.29, 1.82) is 0 Å². The molecule has 4 heteroatoms. The minimum Gasteiger partial charge on any atom is -0.142 e. The molecule has 2 aromatic rings. The third kappa shape index (κ3) is 4.83. The zero-order chi connectivity index (χ0) is 14.2. The van der Waals surface area contributed by atoms with Crippen LogP contribution in [0, 0.1) is 0 Å². The number of rotatable bonds is 9. The first-order chi connectivity index (χ1) is 9.85. The quantitative estimate of drug-likeness (QED) is 0.347. The van der Waals surface area contributed by atoms with E-state index in [0.717, 1.165) is 0 Å². The molecular weight excluding hydrogens is 320 g/mol. The van der Waals surface area contributed by atoms with E-state index < -0.39 is 0 Å². The molecule has 20 heavy (non-hydrogen) atoms. The van der Waals surface area contributed by atoms with Crippen LogP contribution >= 0.6 is 46.2 Å². The van der Waals surface area contributed by atoms with E-state index in [0.29, 0.717) is 0 Å². The second kappa shape index (κ2) is 9.19. The van der Waals surface area contributed by atoms with Gasteiger partial charge in [0.05, 0.1) is 4.88 Å². The van der Waals surface area contributed by atoms with E-state index in [1.165, 1.54) is 56.7 Å². The summed E-state index contributed by atoms with van der Waals surface area (Å²) in [6.45, 7) is 4.51. The Morgan fingerprint density at radius 1 is 1.00 bits per heavy atom. The molecule has 110 valence electrons. The Hall–Kier alpha value is 0.1000. The Balaban J connectivity index is 1.98. The molecule has 0 amide bonds. The number of unbranched alkanes of at least 4 members (excludes halogenated alkanes) is 2. The lowest BCUT2D eigenvalue weighted by atomic mass is 10.4. The maximum atomic E-state index is 2.38. The van der Waals surface area contributed by atoms with Gasteiger partial charge in [-0.25, -0.2) is 0 Å². The third-order valence-corrected chi connectivity index (χ3v) is 7.46. The van der Waals surface area contributed by atoms with Gasteiger partial charge in [0.15, 0.2) is 0 Å². The van der Waals surface area contributed by atoms with Crippen molar-refractivity contribution < 1.29 is 0 Å². The molecule has 0 aromatic carbocycles. The maximum absolute atomic E-state index is 2.38. The van der Waals surface area contributed by atoms with E-state index in [2.05, 4.69) is 36.7 Å². The smallest absolute Gasteiger partial charge is 0.0578 e. The molecule has 0 aliphatic heterocycles. The standard InChI is InChI=1S/C16H22S4/c1-3-5-8-17-13-11-15(20-12-13)16-14(7-10-19-16)18-9-6-4-2/h7,10-12H,3-6,8-9H2,1-2H3. The summed E-state index contributed by atoms with van der Waals surface area (Å²) in [5.41, 5.74) is 0. The topological polar surface area (TPSA) is 0 Å². The van der Waals surface area contributed by atoms with Gasteiger partial charge in [-0.1, -0.05) is 26.7 Å². The molecular formula is C16H22S4. The number of hydrogen-bond donors (Lipinski definition) is 0. The van der Waals surface area contributed by atoms with Crippen LogP contribution in [-0.2, 0) is 0 Å². The number of thioether (sulfide) groups is 2. The fourth-order valence-electron chi connectivity index (χ4n) is 1.77. The van der Waals surface area contributed by atoms with Gasteiger partial charge in [-0.05, 0) is 41.9 Å². The second-order valence-electron chi connectivity index (χ2n) is 4.66. The number of thiophene rings is 2. The molecule has 0 spiro atoms. The van der Waals surface area contributed by atoms with E-state index in [-0.39, 0.29) is 0 Å². The van der Waals surface area contributed by atoms with Gasteiger partial charge < -0.3 is 0 Å². The van der Waals surface area contributed by atoms with E-state index in [9.17, 15) is 0 Å². The van der Waals surface area contributed by atoms with E-state index in [1.807, 2.05) is 46.2 Å². The molecule has 0 atom stereocenters.